The Morgan fingerprint density at radius 2 is 1.42 bits per heavy atom. The van der Waals surface area contributed by atoms with E-state index in [1.807, 2.05) is 6.92 Å². The summed E-state index contributed by atoms with van der Waals surface area (Å²) in [5.74, 6) is 1.56. The van der Waals surface area contributed by atoms with Gasteiger partial charge in [0.05, 0.1) is 13.2 Å². The van der Waals surface area contributed by atoms with Crippen molar-refractivity contribution in [3.63, 3.8) is 0 Å². The van der Waals surface area contributed by atoms with Gasteiger partial charge in [0.25, 0.3) is 0 Å². The summed E-state index contributed by atoms with van der Waals surface area (Å²) < 4.78 is 11.1. The maximum Gasteiger partial charge on any atom is 0.154 e. The molecule has 2 unspecified atom stereocenters. The van der Waals surface area contributed by atoms with Crippen LogP contribution in [-0.4, -0.2) is 19.5 Å². The van der Waals surface area contributed by atoms with E-state index < -0.39 is 0 Å². The lowest BCUT2D eigenvalue weighted by atomic mass is 9.80. The van der Waals surface area contributed by atoms with E-state index >= 15 is 0 Å². The average molecular weight is 170 g/mol. The summed E-state index contributed by atoms with van der Waals surface area (Å²) in [7, 11) is 0. The number of fused-ring (bicyclic) bond motifs is 1. The van der Waals surface area contributed by atoms with Gasteiger partial charge in [-0.05, 0) is 31.6 Å². The molecule has 2 rings (SSSR count). The van der Waals surface area contributed by atoms with Crippen LogP contribution >= 0.6 is 0 Å². The van der Waals surface area contributed by atoms with Crippen LogP contribution in [0.3, 0.4) is 0 Å². The summed E-state index contributed by atoms with van der Waals surface area (Å²) in [6.07, 6.45) is 5.50. The first kappa shape index (κ1) is 8.52. The Balaban J connectivity index is 1.94. The van der Waals surface area contributed by atoms with Gasteiger partial charge in [-0.3, -0.25) is 0 Å². The summed E-state index contributed by atoms with van der Waals surface area (Å²) in [6, 6.07) is 0. The molecule has 2 atom stereocenters. The molecule has 2 nitrogen and oxygen atoms in total. The lowest BCUT2D eigenvalue weighted by molar-refractivity contribution is -0.117. The van der Waals surface area contributed by atoms with Gasteiger partial charge in [-0.25, -0.2) is 0 Å². The fraction of sp³-hybridized carbons (Fsp3) is 1.00. The van der Waals surface area contributed by atoms with E-state index in [2.05, 4.69) is 0 Å². The molecule has 0 radical (unpaired) electrons. The van der Waals surface area contributed by atoms with Crippen molar-refractivity contribution in [3.05, 3.63) is 0 Å². The largest absolute Gasteiger partial charge is 0.353 e. The van der Waals surface area contributed by atoms with E-state index in [-0.39, 0.29) is 6.29 Å². The summed E-state index contributed by atoms with van der Waals surface area (Å²) in [5.41, 5.74) is 0. The number of hydrogen-bond acceptors (Lipinski definition) is 2. The molecule has 0 aromatic carbocycles. The van der Waals surface area contributed by atoms with E-state index in [0.29, 0.717) is 0 Å². The van der Waals surface area contributed by atoms with Crippen LogP contribution in [0.15, 0.2) is 0 Å². The zero-order chi connectivity index (χ0) is 8.39. The second kappa shape index (κ2) is 3.75. The van der Waals surface area contributed by atoms with Gasteiger partial charge in [-0.1, -0.05) is 12.8 Å². The molecule has 0 spiro atoms. The third kappa shape index (κ3) is 1.80. The molecule has 70 valence electrons. The van der Waals surface area contributed by atoms with Crippen molar-refractivity contribution in [2.24, 2.45) is 11.8 Å². The summed E-state index contributed by atoms with van der Waals surface area (Å²) in [5, 5.41) is 0. The predicted octanol–water partition coefficient (Wildman–Crippen LogP) is 2.19. The zero-order valence-corrected chi connectivity index (χ0v) is 7.79. The molecule has 0 aromatic heterocycles. The fourth-order valence-corrected chi connectivity index (χ4v) is 2.29. The second-order valence-electron chi connectivity index (χ2n) is 4.04. The first-order valence-corrected chi connectivity index (χ1v) is 5.09. The van der Waals surface area contributed by atoms with Crippen molar-refractivity contribution in [3.8, 4) is 0 Å². The Kier molecular flexibility index (Phi) is 2.66. The van der Waals surface area contributed by atoms with Crippen molar-refractivity contribution >= 4 is 0 Å². The van der Waals surface area contributed by atoms with E-state index in [4.69, 9.17) is 9.47 Å². The lowest BCUT2D eigenvalue weighted by Gasteiger charge is -2.27. The van der Waals surface area contributed by atoms with E-state index in [0.717, 1.165) is 25.0 Å². The minimum Gasteiger partial charge on any atom is -0.353 e. The normalized spacial score (nSPS) is 43.2. The van der Waals surface area contributed by atoms with Crippen LogP contribution in [0.25, 0.3) is 0 Å². The highest BCUT2D eigenvalue weighted by Crippen LogP contribution is 2.32. The minimum absolute atomic E-state index is 0.0237. The maximum absolute atomic E-state index is 5.55. The molecule has 2 fully saturated rings. The SMILES string of the molecule is CC1OCC2CCCCC2CO1. The molecule has 0 bridgehead atoms. The van der Waals surface area contributed by atoms with Gasteiger partial charge in [0.1, 0.15) is 0 Å². The standard InChI is InChI=1S/C10H18O2/c1-8-11-6-9-4-2-3-5-10(9)7-12-8/h8-10H,2-7H2,1H3. The molecular formula is C10H18O2. The van der Waals surface area contributed by atoms with Crippen LogP contribution in [-0.2, 0) is 9.47 Å². The first-order chi connectivity index (χ1) is 5.86. The van der Waals surface area contributed by atoms with Crippen LogP contribution < -0.4 is 0 Å². The van der Waals surface area contributed by atoms with Crippen LogP contribution in [0.2, 0.25) is 0 Å². The smallest absolute Gasteiger partial charge is 0.154 e. The molecular weight excluding hydrogens is 152 g/mol. The summed E-state index contributed by atoms with van der Waals surface area (Å²) in [6.45, 7) is 3.84. The Hall–Kier alpha value is -0.0800. The van der Waals surface area contributed by atoms with Crippen molar-refractivity contribution in [2.75, 3.05) is 13.2 Å². The van der Waals surface area contributed by atoms with Gasteiger partial charge in [0.15, 0.2) is 6.29 Å². The van der Waals surface area contributed by atoms with Crippen molar-refractivity contribution < 1.29 is 9.47 Å². The van der Waals surface area contributed by atoms with Crippen molar-refractivity contribution in [1.82, 2.24) is 0 Å². The molecule has 0 aromatic rings. The zero-order valence-electron chi connectivity index (χ0n) is 7.79. The van der Waals surface area contributed by atoms with Gasteiger partial charge in [0, 0.05) is 0 Å². The number of ether oxygens (including phenoxy) is 2. The molecule has 1 heterocycles. The van der Waals surface area contributed by atoms with E-state index in [9.17, 15) is 0 Å². The third-order valence-corrected chi connectivity index (χ3v) is 3.16. The highest BCUT2D eigenvalue weighted by Gasteiger charge is 2.28. The summed E-state index contributed by atoms with van der Waals surface area (Å²) >= 11 is 0. The Morgan fingerprint density at radius 1 is 0.917 bits per heavy atom. The molecule has 0 N–H and O–H groups in total. The third-order valence-electron chi connectivity index (χ3n) is 3.16. The topological polar surface area (TPSA) is 18.5 Å². The van der Waals surface area contributed by atoms with Gasteiger partial charge < -0.3 is 9.47 Å². The molecule has 12 heavy (non-hydrogen) atoms. The van der Waals surface area contributed by atoms with E-state index in [1.165, 1.54) is 25.7 Å². The Labute approximate surface area is 74.2 Å². The molecule has 2 aliphatic rings. The number of rotatable bonds is 0. The van der Waals surface area contributed by atoms with Gasteiger partial charge in [-0.2, -0.15) is 0 Å². The van der Waals surface area contributed by atoms with E-state index in [1.54, 1.807) is 0 Å². The van der Waals surface area contributed by atoms with Gasteiger partial charge >= 0.3 is 0 Å². The average Bonchev–Trinajstić information content (AvgIpc) is 2.29. The lowest BCUT2D eigenvalue weighted by Crippen LogP contribution is -2.24. The molecule has 1 aliphatic heterocycles. The molecule has 0 amide bonds. The van der Waals surface area contributed by atoms with Crippen molar-refractivity contribution in [2.45, 2.75) is 38.9 Å². The minimum atomic E-state index is 0.0237. The highest BCUT2D eigenvalue weighted by atomic mass is 16.7. The number of hydrogen-bond donors (Lipinski definition) is 0. The van der Waals surface area contributed by atoms with Crippen LogP contribution in [0.4, 0.5) is 0 Å². The fourth-order valence-electron chi connectivity index (χ4n) is 2.29. The van der Waals surface area contributed by atoms with Crippen molar-refractivity contribution in [1.29, 1.82) is 0 Å². The maximum atomic E-state index is 5.55. The predicted molar refractivity (Wildman–Crippen MR) is 46.8 cm³/mol. The van der Waals surface area contributed by atoms with Crippen LogP contribution in [0.5, 0.6) is 0 Å². The summed E-state index contributed by atoms with van der Waals surface area (Å²) in [4.78, 5) is 0. The molecule has 1 saturated carbocycles. The first-order valence-electron chi connectivity index (χ1n) is 5.09. The second-order valence-corrected chi connectivity index (χ2v) is 4.04. The molecule has 1 saturated heterocycles. The Bertz CT molecular complexity index is 131. The Morgan fingerprint density at radius 3 is 1.92 bits per heavy atom. The highest BCUT2D eigenvalue weighted by molar-refractivity contribution is 4.76. The monoisotopic (exact) mass is 170 g/mol. The van der Waals surface area contributed by atoms with Crippen LogP contribution in [0, 0.1) is 11.8 Å². The molecule has 2 heteroatoms. The quantitative estimate of drug-likeness (QED) is 0.555. The van der Waals surface area contributed by atoms with Crippen LogP contribution in [0.1, 0.15) is 32.6 Å². The van der Waals surface area contributed by atoms with Gasteiger partial charge in [-0.15, -0.1) is 0 Å². The van der Waals surface area contributed by atoms with Gasteiger partial charge in [0.2, 0.25) is 0 Å². The molecule has 1 aliphatic carbocycles.